The number of benzene rings is 2. The molecule has 1 aliphatic heterocycles. The van der Waals surface area contributed by atoms with Crippen molar-refractivity contribution in [2.24, 2.45) is 0 Å². The fourth-order valence-electron chi connectivity index (χ4n) is 3.04. The summed E-state index contributed by atoms with van der Waals surface area (Å²) in [7, 11) is 0. The number of aliphatic hydroxyl groups is 1. The van der Waals surface area contributed by atoms with Crippen molar-refractivity contribution in [2.45, 2.75) is 25.1 Å². The van der Waals surface area contributed by atoms with E-state index in [-0.39, 0.29) is 24.8 Å². The fraction of sp³-hybridized carbons (Fsp3) is 0.263. The SMILES string of the molecule is Nc1ccccc1C(=O)N1CC(O)CC1C(=O)NCc1ccc(Cl)cc1. The Morgan fingerprint density at radius 2 is 1.88 bits per heavy atom. The van der Waals surface area contributed by atoms with Gasteiger partial charge in [0.2, 0.25) is 5.91 Å². The molecule has 1 saturated heterocycles. The molecule has 1 heterocycles. The van der Waals surface area contributed by atoms with Crippen LogP contribution in [0, 0.1) is 0 Å². The molecule has 0 radical (unpaired) electrons. The van der Waals surface area contributed by atoms with Gasteiger partial charge in [0, 0.05) is 30.2 Å². The summed E-state index contributed by atoms with van der Waals surface area (Å²) in [5.41, 5.74) is 7.44. The topological polar surface area (TPSA) is 95.7 Å². The van der Waals surface area contributed by atoms with Gasteiger partial charge < -0.3 is 21.1 Å². The molecule has 3 rings (SSSR count). The Labute approximate surface area is 156 Å². The first kappa shape index (κ1) is 18.2. The van der Waals surface area contributed by atoms with Crippen molar-refractivity contribution in [1.29, 1.82) is 0 Å². The zero-order chi connectivity index (χ0) is 18.7. The number of halogens is 1. The maximum absolute atomic E-state index is 12.8. The van der Waals surface area contributed by atoms with Gasteiger partial charge in [-0.15, -0.1) is 0 Å². The van der Waals surface area contributed by atoms with Gasteiger partial charge in [-0.05, 0) is 29.8 Å². The number of β-amino-alcohol motifs (C(OH)–C–C–N with tert-alkyl or cyclic N) is 1. The second-order valence-corrected chi connectivity index (χ2v) is 6.73. The predicted octanol–water partition coefficient (Wildman–Crippen LogP) is 1.81. The lowest BCUT2D eigenvalue weighted by molar-refractivity contribution is -0.125. The minimum absolute atomic E-state index is 0.103. The van der Waals surface area contributed by atoms with Crippen LogP contribution >= 0.6 is 11.6 Å². The second-order valence-electron chi connectivity index (χ2n) is 6.29. The molecule has 2 aromatic carbocycles. The van der Waals surface area contributed by atoms with Crippen LogP contribution < -0.4 is 11.1 Å². The monoisotopic (exact) mass is 373 g/mol. The van der Waals surface area contributed by atoms with E-state index in [4.69, 9.17) is 17.3 Å². The maximum atomic E-state index is 12.8. The van der Waals surface area contributed by atoms with Crippen LogP contribution in [0.25, 0.3) is 0 Å². The molecule has 2 aromatic rings. The van der Waals surface area contributed by atoms with Gasteiger partial charge in [0.05, 0.1) is 11.7 Å². The van der Waals surface area contributed by atoms with Crippen molar-refractivity contribution in [3.05, 3.63) is 64.7 Å². The summed E-state index contributed by atoms with van der Waals surface area (Å²) in [6.45, 7) is 0.421. The largest absolute Gasteiger partial charge is 0.398 e. The predicted molar refractivity (Wildman–Crippen MR) is 99.6 cm³/mol. The minimum Gasteiger partial charge on any atom is -0.398 e. The smallest absolute Gasteiger partial charge is 0.256 e. The van der Waals surface area contributed by atoms with Gasteiger partial charge in [0.1, 0.15) is 6.04 Å². The van der Waals surface area contributed by atoms with E-state index in [1.54, 1.807) is 36.4 Å². The quantitative estimate of drug-likeness (QED) is 0.712. The van der Waals surface area contributed by atoms with Crippen LogP contribution in [0.15, 0.2) is 48.5 Å². The zero-order valence-electron chi connectivity index (χ0n) is 14.1. The second kappa shape index (κ2) is 7.76. The lowest BCUT2D eigenvalue weighted by atomic mass is 10.1. The van der Waals surface area contributed by atoms with Gasteiger partial charge in [0.15, 0.2) is 0 Å². The summed E-state index contributed by atoms with van der Waals surface area (Å²) in [6, 6.07) is 13.1. The molecule has 4 N–H and O–H groups in total. The lowest BCUT2D eigenvalue weighted by Crippen LogP contribution is -2.45. The summed E-state index contributed by atoms with van der Waals surface area (Å²) in [6.07, 6.45) is -0.541. The zero-order valence-corrected chi connectivity index (χ0v) is 14.8. The molecule has 2 amide bonds. The standard InChI is InChI=1S/C19H20ClN3O3/c20-13-7-5-12(6-8-13)10-22-18(25)17-9-14(24)11-23(17)19(26)15-3-1-2-4-16(15)21/h1-8,14,17,24H,9-11,21H2,(H,22,25). The molecule has 1 fully saturated rings. The van der Waals surface area contributed by atoms with E-state index in [1.165, 1.54) is 4.90 Å². The number of aliphatic hydroxyl groups excluding tert-OH is 1. The van der Waals surface area contributed by atoms with Crippen LogP contribution in [0.5, 0.6) is 0 Å². The van der Waals surface area contributed by atoms with Crippen LogP contribution in [0.2, 0.25) is 5.02 Å². The number of amides is 2. The van der Waals surface area contributed by atoms with Crippen LogP contribution in [0.1, 0.15) is 22.3 Å². The molecule has 136 valence electrons. The highest BCUT2D eigenvalue weighted by atomic mass is 35.5. The molecule has 0 saturated carbocycles. The summed E-state index contributed by atoms with van der Waals surface area (Å²) in [5.74, 6) is -0.661. The summed E-state index contributed by atoms with van der Waals surface area (Å²) in [5, 5.41) is 13.4. The van der Waals surface area contributed by atoms with Crippen molar-refractivity contribution in [1.82, 2.24) is 10.2 Å². The van der Waals surface area contributed by atoms with Gasteiger partial charge in [0.25, 0.3) is 5.91 Å². The fourth-order valence-corrected chi connectivity index (χ4v) is 3.17. The molecular formula is C19H20ClN3O3. The van der Waals surface area contributed by atoms with Crippen LogP contribution in [-0.4, -0.2) is 40.5 Å². The molecule has 2 atom stereocenters. The molecule has 0 aromatic heterocycles. The van der Waals surface area contributed by atoms with Gasteiger partial charge >= 0.3 is 0 Å². The molecule has 26 heavy (non-hydrogen) atoms. The number of hydrogen-bond acceptors (Lipinski definition) is 4. The van der Waals surface area contributed by atoms with Crippen molar-refractivity contribution < 1.29 is 14.7 Å². The van der Waals surface area contributed by atoms with Crippen LogP contribution in [-0.2, 0) is 11.3 Å². The van der Waals surface area contributed by atoms with E-state index in [0.29, 0.717) is 22.8 Å². The Bertz CT molecular complexity index is 810. The molecule has 0 aliphatic carbocycles. The molecule has 7 heteroatoms. The van der Waals surface area contributed by atoms with Gasteiger partial charge in [-0.25, -0.2) is 0 Å². The van der Waals surface area contributed by atoms with Crippen molar-refractivity contribution in [3.8, 4) is 0 Å². The number of nitrogen functional groups attached to an aromatic ring is 1. The van der Waals surface area contributed by atoms with Crippen molar-refractivity contribution in [3.63, 3.8) is 0 Å². The first-order valence-electron chi connectivity index (χ1n) is 8.31. The van der Waals surface area contributed by atoms with Gasteiger partial charge in [-0.2, -0.15) is 0 Å². The van der Waals surface area contributed by atoms with Crippen molar-refractivity contribution in [2.75, 3.05) is 12.3 Å². The third-order valence-electron chi connectivity index (χ3n) is 4.41. The molecular weight excluding hydrogens is 354 g/mol. The van der Waals surface area contributed by atoms with E-state index < -0.39 is 12.1 Å². The average Bonchev–Trinajstić information content (AvgIpc) is 3.03. The summed E-state index contributed by atoms with van der Waals surface area (Å²) >= 11 is 5.85. The minimum atomic E-state index is -0.741. The number of nitrogens with zero attached hydrogens (tertiary/aromatic N) is 1. The lowest BCUT2D eigenvalue weighted by Gasteiger charge is -2.24. The third kappa shape index (κ3) is 3.98. The van der Waals surface area contributed by atoms with E-state index in [1.807, 2.05) is 12.1 Å². The number of nitrogens with one attached hydrogen (secondary N) is 1. The Balaban J connectivity index is 1.70. The number of likely N-dealkylation sites (tertiary alicyclic amines) is 1. The maximum Gasteiger partial charge on any atom is 0.256 e. The van der Waals surface area contributed by atoms with E-state index in [2.05, 4.69) is 5.32 Å². The number of nitrogens with two attached hydrogens (primary N) is 1. The number of carbonyl (C=O) groups excluding carboxylic acids is 2. The Hall–Kier alpha value is -2.57. The van der Waals surface area contributed by atoms with Crippen molar-refractivity contribution >= 4 is 29.1 Å². The first-order valence-corrected chi connectivity index (χ1v) is 8.69. The van der Waals surface area contributed by atoms with Crippen LogP contribution in [0.4, 0.5) is 5.69 Å². The molecule has 0 bridgehead atoms. The number of hydrogen-bond donors (Lipinski definition) is 3. The molecule has 1 aliphatic rings. The molecule has 2 unspecified atom stereocenters. The number of carbonyl (C=O) groups is 2. The van der Waals surface area contributed by atoms with E-state index in [0.717, 1.165) is 5.56 Å². The van der Waals surface area contributed by atoms with E-state index >= 15 is 0 Å². The molecule has 6 nitrogen and oxygen atoms in total. The summed E-state index contributed by atoms with van der Waals surface area (Å²) < 4.78 is 0. The highest BCUT2D eigenvalue weighted by Crippen LogP contribution is 2.23. The highest BCUT2D eigenvalue weighted by Gasteiger charge is 2.39. The Kier molecular flexibility index (Phi) is 5.44. The Morgan fingerprint density at radius 1 is 1.19 bits per heavy atom. The summed E-state index contributed by atoms with van der Waals surface area (Å²) in [4.78, 5) is 26.8. The third-order valence-corrected chi connectivity index (χ3v) is 4.67. The van der Waals surface area contributed by atoms with Crippen LogP contribution in [0.3, 0.4) is 0 Å². The highest BCUT2D eigenvalue weighted by molar-refractivity contribution is 6.30. The van der Waals surface area contributed by atoms with Gasteiger partial charge in [-0.3, -0.25) is 9.59 Å². The number of anilines is 1. The molecule has 0 spiro atoms. The Morgan fingerprint density at radius 3 is 2.58 bits per heavy atom. The average molecular weight is 374 g/mol. The van der Waals surface area contributed by atoms with Gasteiger partial charge in [-0.1, -0.05) is 35.9 Å². The number of rotatable bonds is 4. The first-order chi connectivity index (χ1) is 12.5. The van der Waals surface area contributed by atoms with E-state index in [9.17, 15) is 14.7 Å². The normalized spacial score (nSPS) is 19.4. The number of para-hydroxylation sites is 1.